The fourth-order valence-electron chi connectivity index (χ4n) is 2.77. The number of hydrogen-bond acceptors (Lipinski definition) is 4. The molecule has 0 unspecified atom stereocenters. The molecular weight excluding hydrogens is 411 g/mol. The molecule has 8 nitrogen and oxygen atoms in total. The Hall–Kier alpha value is -3.53. The van der Waals surface area contributed by atoms with E-state index in [1.165, 1.54) is 44.3 Å². The van der Waals surface area contributed by atoms with Crippen molar-refractivity contribution in [3.8, 4) is 0 Å². The van der Waals surface area contributed by atoms with E-state index in [0.717, 1.165) is 4.31 Å². The molecule has 2 N–H and O–H groups in total. The second kappa shape index (κ2) is 8.46. The number of carbonyl (C=O) groups excluding carboxylic acids is 2. The van der Waals surface area contributed by atoms with Crippen molar-refractivity contribution in [2.45, 2.75) is 20.4 Å². The van der Waals surface area contributed by atoms with Crippen molar-refractivity contribution in [3.63, 3.8) is 0 Å². The quantitative estimate of drug-likeness (QED) is 0.760. The highest BCUT2D eigenvalue weighted by Crippen LogP contribution is 2.22. The Labute approximate surface area is 173 Å². The van der Waals surface area contributed by atoms with Gasteiger partial charge in [0.15, 0.2) is 0 Å². The first-order valence-corrected chi connectivity index (χ1v) is 10.3. The van der Waals surface area contributed by atoms with Gasteiger partial charge in [-0.2, -0.15) is 8.42 Å². The molecule has 0 aromatic heterocycles. The Kier molecular flexibility index (Phi) is 5.97. The molecule has 0 bridgehead atoms. The largest absolute Gasteiger partial charge is 0.344 e. The molecule has 1 heterocycles. The molecule has 30 heavy (non-hydrogen) atoms. The van der Waals surface area contributed by atoms with Crippen LogP contribution in [0.15, 0.2) is 64.7 Å². The van der Waals surface area contributed by atoms with Crippen molar-refractivity contribution in [2.24, 2.45) is 4.40 Å². The van der Waals surface area contributed by atoms with Crippen molar-refractivity contribution in [3.05, 3.63) is 71.7 Å². The number of halogens is 1. The van der Waals surface area contributed by atoms with Gasteiger partial charge in [0, 0.05) is 24.5 Å². The van der Waals surface area contributed by atoms with Crippen LogP contribution in [0.3, 0.4) is 0 Å². The van der Waals surface area contributed by atoms with Gasteiger partial charge in [0.2, 0.25) is 5.91 Å². The van der Waals surface area contributed by atoms with E-state index in [-0.39, 0.29) is 23.7 Å². The lowest BCUT2D eigenvalue weighted by Crippen LogP contribution is -2.32. The number of anilines is 2. The molecule has 1 aliphatic heterocycles. The summed E-state index contributed by atoms with van der Waals surface area (Å²) in [6.07, 6.45) is 1.20. The van der Waals surface area contributed by atoms with E-state index < -0.39 is 21.9 Å². The van der Waals surface area contributed by atoms with Gasteiger partial charge in [-0.1, -0.05) is 18.2 Å². The molecular formula is C20H19FN4O4S. The second-order valence-electron chi connectivity index (χ2n) is 6.59. The molecule has 0 aliphatic carbocycles. The second-order valence-corrected chi connectivity index (χ2v) is 8.13. The number of amides is 2. The van der Waals surface area contributed by atoms with Gasteiger partial charge < -0.3 is 10.6 Å². The van der Waals surface area contributed by atoms with Crippen molar-refractivity contribution in [1.29, 1.82) is 0 Å². The summed E-state index contributed by atoms with van der Waals surface area (Å²) < 4.78 is 42.5. The van der Waals surface area contributed by atoms with Crippen LogP contribution in [-0.2, 0) is 26.3 Å². The summed E-state index contributed by atoms with van der Waals surface area (Å²) in [7, 11) is -4.02. The average Bonchev–Trinajstić information content (AvgIpc) is 2.64. The SMILES string of the molecule is CC(=O)Nc1cccc(NC(=O)C2=CN(Cc3ccc(F)cc3)S(=O)(=O)N=C2C)c1. The Morgan fingerprint density at radius 2 is 1.70 bits per heavy atom. The van der Waals surface area contributed by atoms with E-state index in [1.807, 2.05) is 0 Å². The third kappa shape index (κ3) is 5.09. The Morgan fingerprint density at radius 1 is 1.07 bits per heavy atom. The van der Waals surface area contributed by atoms with Crippen LogP contribution in [0.25, 0.3) is 0 Å². The zero-order chi connectivity index (χ0) is 21.9. The van der Waals surface area contributed by atoms with Crippen LogP contribution in [0, 0.1) is 5.82 Å². The Bertz CT molecular complexity index is 1160. The number of nitrogens with one attached hydrogen (secondary N) is 2. The first-order chi connectivity index (χ1) is 14.1. The van der Waals surface area contributed by atoms with Gasteiger partial charge in [0.05, 0.1) is 17.8 Å². The molecule has 0 radical (unpaired) electrons. The van der Waals surface area contributed by atoms with Gasteiger partial charge in [-0.3, -0.25) is 13.9 Å². The molecule has 0 fully saturated rings. The van der Waals surface area contributed by atoms with Crippen LogP contribution in [0.5, 0.6) is 0 Å². The van der Waals surface area contributed by atoms with Gasteiger partial charge in [0.25, 0.3) is 5.91 Å². The molecule has 0 saturated carbocycles. The first-order valence-electron chi connectivity index (χ1n) is 8.88. The highest BCUT2D eigenvalue weighted by Gasteiger charge is 2.28. The monoisotopic (exact) mass is 430 g/mol. The fourth-order valence-corrected chi connectivity index (χ4v) is 3.88. The number of benzene rings is 2. The molecule has 3 rings (SSSR count). The molecule has 2 aromatic carbocycles. The highest BCUT2D eigenvalue weighted by molar-refractivity contribution is 7.88. The standard InChI is InChI=1S/C20H19FN4O4S/c1-13-19(20(27)23-18-5-3-4-17(10-18)22-14(2)26)12-25(30(28,29)24-13)11-15-6-8-16(21)9-7-15/h3-10,12H,11H2,1-2H3,(H,22,26)(H,23,27). The van der Waals surface area contributed by atoms with Crippen LogP contribution in [0.1, 0.15) is 19.4 Å². The zero-order valence-corrected chi connectivity index (χ0v) is 17.0. The number of hydrogen-bond donors (Lipinski definition) is 2. The van der Waals surface area contributed by atoms with Gasteiger partial charge in [-0.25, -0.2) is 4.39 Å². The maximum absolute atomic E-state index is 13.1. The molecule has 0 atom stereocenters. The minimum Gasteiger partial charge on any atom is -0.326 e. The van der Waals surface area contributed by atoms with E-state index in [1.54, 1.807) is 24.3 Å². The smallest absolute Gasteiger partial charge is 0.326 e. The van der Waals surface area contributed by atoms with Gasteiger partial charge in [-0.05, 0) is 42.8 Å². The summed E-state index contributed by atoms with van der Waals surface area (Å²) in [5, 5.41) is 5.28. The Balaban J connectivity index is 1.83. The Morgan fingerprint density at radius 3 is 2.33 bits per heavy atom. The molecule has 0 spiro atoms. The summed E-state index contributed by atoms with van der Waals surface area (Å²) in [5.41, 5.74) is 1.56. The zero-order valence-electron chi connectivity index (χ0n) is 16.2. The van der Waals surface area contributed by atoms with Crippen LogP contribution < -0.4 is 10.6 Å². The normalized spacial score (nSPS) is 15.1. The van der Waals surface area contributed by atoms with E-state index in [0.29, 0.717) is 16.9 Å². The predicted octanol–water partition coefficient (Wildman–Crippen LogP) is 2.83. The van der Waals surface area contributed by atoms with Gasteiger partial charge in [-0.15, -0.1) is 4.40 Å². The van der Waals surface area contributed by atoms with Crippen molar-refractivity contribution >= 4 is 39.1 Å². The molecule has 2 amide bonds. The average molecular weight is 430 g/mol. The summed E-state index contributed by atoms with van der Waals surface area (Å²) >= 11 is 0. The number of carbonyl (C=O) groups is 2. The fraction of sp³-hybridized carbons (Fsp3) is 0.150. The van der Waals surface area contributed by atoms with Crippen LogP contribution in [0.2, 0.25) is 0 Å². The van der Waals surface area contributed by atoms with E-state index in [2.05, 4.69) is 15.0 Å². The van der Waals surface area contributed by atoms with Gasteiger partial charge in [0.1, 0.15) is 5.82 Å². The van der Waals surface area contributed by atoms with Crippen LogP contribution in [-0.4, -0.2) is 30.2 Å². The summed E-state index contributed by atoms with van der Waals surface area (Å²) in [4.78, 5) is 23.9. The third-order valence-electron chi connectivity index (χ3n) is 4.15. The minimum absolute atomic E-state index is 0.0425. The molecule has 2 aromatic rings. The first kappa shape index (κ1) is 21.2. The van der Waals surface area contributed by atoms with Crippen LogP contribution >= 0.6 is 0 Å². The van der Waals surface area contributed by atoms with E-state index >= 15 is 0 Å². The molecule has 0 saturated heterocycles. The lowest BCUT2D eigenvalue weighted by molar-refractivity contribution is -0.114. The lowest BCUT2D eigenvalue weighted by Gasteiger charge is -2.23. The number of nitrogens with zero attached hydrogens (tertiary/aromatic N) is 2. The van der Waals surface area contributed by atoms with Crippen molar-refractivity contribution < 1.29 is 22.4 Å². The van der Waals surface area contributed by atoms with Gasteiger partial charge >= 0.3 is 10.2 Å². The van der Waals surface area contributed by atoms with E-state index in [4.69, 9.17) is 0 Å². The summed E-state index contributed by atoms with van der Waals surface area (Å²) in [6, 6.07) is 11.9. The predicted molar refractivity (Wildman–Crippen MR) is 111 cm³/mol. The molecule has 10 heteroatoms. The van der Waals surface area contributed by atoms with Crippen molar-refractivity contribution in [2.75, 3.05) is 10.6 Å². The maximum Gasteiger partial charge on any atom is 0.344 e. The number of rotatable bonds is 5. The molecule has 156 valence electrons. The maximum atomic E-state index is 13.1. The van der Waals surface area contributed by atoms with E-state index in [9.17, 15) is 22.4 Å². The minimum atomic E-state index is -4.02. The molecule has 1 aliphatic rings. The third-order valence-corrected chi connectivity index (χ3v) is 5.48. The topological polar surface area (TPSA) is 108 Å². The lowest BCUT2D eigenvalue weighted by atomic mass is 10.1. The highest BCUT2D eigenvalue weighted by atomic mass is 32.2. The summed E-state index contributed by atoms with van der Waals surface area (Å²) in [5.74, 6) is -1.25. The van der Waals surface area contributed by atoms with Crippen LogP contribution in [0.4, 0.5) is 15.8 Å². The summed E-state index contributed by atoms with van der Waals surface area (Å²) in [6.45, 7) is 2.69. The van der Waals surface area contributed by atoms with Crippen molar-refractivity contribution in [1.82, 2.24) is 4.31 Å².